The van der Waals surface area contributed by atoms with Gasteiger partial charge in [0.05, 0.1) is 10.5 Å². The SMILES string of the molecule is O=[N+]([O-])/C(=C(\NCc1ccccc1)c1ccccc1)c1ccccc1. The molecule has 124 valence electrons. The Morgan fingerprint density at radius 1 is 0.760 bits per heavy atom. The van der Waals surface area contributed by atoms with E-state index in [1.54, 1.807) is 24.3 Å². The van der Waals surface area contributed by atoms with Gasteiger partial charge in [-0.3, -0.25) is 10.1 Å². The molecule has 0 aliphatic rings. The summed E-state index contributed by atoms with van der Waals surface area (Å²) in [6.07, 6.45) is 0. The molecule has 3 rings (SSSR count). The lowest BCUT2D eigenvalue weighted by atomic mass is 10.0. The van der Waals surface area contributed by atoms with E-state index in [-0.39, 0.29) is 10.6 Å². The van der Waals surface area contributed by atoms with Gasteiger partial charge in [0.25, 0.3) is 5.70 Å². The van der Waals surface area contributed by atoms with Crippen LogP contribution in [0.25, 0.3) is 11.4 Å². The fourth-order valence-electron chi connectivity index (χ4n) is 2.65. The van der Waals surface area contributed by atoms with Gasteiger partial charge in [0.1, 0.15) is 5.70 Å². The second-order valence-electron chi connectivity index (χ2n) is 5.55. The third-order valence-electron chi connectivity index (χ3n) is 3.84. The van der Waals surface area contributed by atoms with Gasteiger partial charge in [-0.2, -0.15) is 0 Å². The predicted molar refractivity (Wildman–Crippen MR) is 100.0 cm³/mol. The topological polar surface area (TPSA) is 55.2 Å². The van der Waals surface area contributed by atoms with Crippen molar-refractivity contribution in [2.24, 2.45) is 0 Å². The van der Waals surface area contributed by atoms with E-state index in [0.29, 0.717) is 17.8 Å². The molecule has 0 radical (unpaired) electrons. The highest BCUT2D eigenvalue weighted by molar-refractivity contribution is 5.85. The van der Waals surface area contributed by atoms with Crippen LogP contribution in [0.15, 0.2) is 91.0 Å². The number of hydrogen-bond acceptors (Lipinski definition) is 3. The van der Waals surface area contributed by atoms with Gasteiger partial charge in [0, 0.05) is 12.1 Å². The summed E-state index contributed by atoms with van der Waals surface area (Å²) in [6, 6.07) is 28.2. The van der Waals surface area contributed by atoms with E-state index in [2.05, 4.69) is 5.32 Å². The number of nitro groups is 1. The van der Waals surface area contributed by atoms with Gasteiger partial charge < -0.3 is 5.32 Å². The maximum atomic E-state index is 11.8. The van der Waals surface area contributed by atoms with Crippen LogP contribution < -0.4 is 5.32 Å². The zero-order valence-corrected chi connectivity index (χ0v) is 13.6. The fraction of sp³-hybridized carbons (Fsp3) is 0.0476. The standard InChI is InChI=1S/C21H18N2O2/c24-23(25)21(19-14-8-3-9-15-19)20(18-12-6-2-7-13-18)22-16-17-10-4-1-5-11-17/h1-15,22H,16H2/b21-20-. The summed E-state index contributed by atoms with van der Waals surface area (Å²) >= 11 is 0. The van der Waals surface area contributed by atoms with Crippen molar-refractivity contribution in [3.05, 3.63) is 118 Å². The Morgan fingerprint density at radius 2 is 1.24 bits per heavy atom. The van der Waals surface area contributed by atoms with Crippen molar-refractivity contribution in [1.29, 1.82) is 0 Å². The number of benzene rings is 3. The third-order valence-corrected chi connectivity index (χ3v) is 3.84. The molecule has 3 aromatic rings. The number of rotatable bonds is 6. The van der Waals surface area contributed by atoms with Crippen LogP contribution in [-0.2, 0) is 6.54 Å². The first-order valence-corrected chi connectivity index (χ1v) is 8.03. The Hall–Kier alpha value is -3.40. The second-order valence-corrected chi connectivity index (χ2v) is 5.55. The third kappa shape index (κ3) is 4.12. The molecule has 0 spiro atoms. The molecule has 0 aliphatic heterocycles. The minimum absolute atomic E-state index is 0.0720. The molecular formula is C21H18N2O2. The summed E-state index contributed by atoms with van der Waals surface area (Å²) in [7, 11) is 0. The minimum atomic E-state index is -0.324. The van der Waals surface area contributed by atoms with Crippen LogP contribution >= 0.6 is 0 Å². The zero-order valence-electron chi connectivity index (χ0n) is 13.6. The molecule has 0 bridgehead atoms. The van der Waals surface area contributed by atoms with Gasteiger partial charge >= 0.3 is 0 Å². The largest absolute Gasteiger partial charge is 0.375 e. The van der Waals surface area contributed by atoms with Gasteiger partial charge in [0.2, 0.25) is 0 Å². The molecule has 0 aromatic heterocycles. The first kappa shape index (κ1) is 16.5. The fourth-order valence-corrected chi connectivity index (χ4v) is 2.65. The monoisotopic (exact) mass is 330 g/mol. The van der Waals surface area contributed by atoms with Crippen molar-refractivity contribution in [2.45, 2.75) is 6.54 Å². The normalized spacial score (nSPS) is 11.5. The first-order chi connectivity index (χ1) is 12.3. The lowest BCUT2D eigenvalue weighted by molar-refractivity contribution is -0.374. The maximum absolute atomic E-state index is 11.8. The Kier molecular flexibility index (Phi) is 5.22. The smallest absolute Gasteiger partial charge is 0.300 e. The molecular weight excluding hydrogens is 312 g/mol. The van der Waals surface area contributed by atoms with Gasteiger partial charge in [-0.05, 0) is 17.7 Å². The van der Waals surface area contributed by atoms with Gasteiger partial charge in [0.15, 0.2) is 0 Å². The molecule has 0 fully saturated rings. The zero-order chi connectivity index (χ0) is 17.5. The Labute approximate surface area is 146 Å². The molecule has 0 atom stereocenters. The summed E-state index contributed by atoms with van der Waals surface area (Å²) in [5.74, 6) is 0. The average molecular weight is 330 g/mol. The molecule has 4 heteroatoms. The molecule has 0 saturated carbocycles. The maximum Gasteiger partial charge on any atom is 0.300 e. The van der Waals surface area contributed by atoms with E-state index in [1.165, 1.54) is 0 Å². The highest BCUT2D eigenvalue weighted by atomic mass is 16.6. The summed E-state index contributed by atoms with van der Waals surface area (Å²) in [6.45, 7) is 0.509. The van der Waals surface area contributed by atoms with Crippen molar-refractivity contribution >= 4 is 11.4 Å². The second kappa shape index (κ2) is 7.93. The van der Waals surface area contributed by atoms with Crippen molar-refractivity contribution in [1.82, 2.24) is 5.32 Å². The van der Waals surface area contributed by atoms with E-state index in [9.17, 15) is 10.1 Å². The lowest BCUT2D eigenvalue weighted by Gasteiger charge is -2.13. The number of nitrogens with one attached hydrogen (secondary N) is 1. The van der Waals surface area contributed by atoms with Crippen molar-refractivity contribution < 1.29 is 4.92 Å². The molecule has 0 aliphatic carbocycles. The quantitative estimate of drug-likeness (QED) is 0.409. The van der Waals surface area contributed by atoms with Crippen molar-refractivity contribution in [2.75, 3.05) is 0 Å². The van der Waals surface area contributed by atoms with Gasteiger partial charge in [-0.1, -0.05) is 78.9 Å². The van der Waals surface area contributed by atoms with Crippen LogP contribution in [0.3, 0.4) is 0 Å². The molecule has 1 N–H and O–H groups in total. The number of hydrogen-bond donors (Lipinski definition) is 1. The predicted octanol–water partition coefficient (Wildman–Crippen LogP) is 4.58. The molecule has 0 amide bonds. The van der Waals surface area contributed by atoms with Gasteiger partial charge in [-0.15, -0.1) is 0 Å². The number of nitrogens with zero attached hydrogens (tertiary/aromatic N) is 1. The minimum Gasteiger partial charge on any atom is -0.375 e. The summed E-state index contributed by atoms with van der Waals surface area (Å²) < 4.78 is 0. The van der Waals surface area contributed by atoms with E-state index in [0.717, 1.165) is 11.1 Å². The Morgan fingerprint density at radius 3 is 1.76 bits per heavy atom. The molecule has 0 unspecified atom stereocenters. The van der Waals surface area contributed by atoms with E-state index < -0.39 is 0 Å². The van der Waals surface area contributed by atoms with Gasteiger partial charge in [-0.25, -0.2) is 0 Å². The first-order valence-electron chi connectivity index (χ1n) is 8.03. The Bertz CT molecular complexity index is 860. The molecule has 0 saturated heterocycles. The average Bonchev–Trinajstić information content (AvgIpc) is 2.67. The lowest BCUT2D eigenvalue weighted by Crippen LogP contribution is -2.16. The highest BCUT2D eigenvalue weighted by Crippen LogP contribution is 2.25. The van der Waals surface area contributed by atoms with Crippen LogP contribution in [0.2, 0.25) is 0 Å². The van der Waals surface area contributed by atoms with Crippen molar-refractivity contribution in [3.8, 4) is 0 Å². The van der Waals surface area contributed by atoms with Crippen LogP contribution in [-0.4, -0.2) is 4.92 Å². The van der Waals surface area contributed by atoms with Crippen LogP contribution in [0.5, 0.6) is 0 Å². The molecule has 25 heavy (non-hydrogen) atoms. The molecule has 0 heterocycles. The Balaban J connectivity index is 2.06. The highest BCUT2D eigenvalue weighted by Gasteiger charge is 2.22. The molecule has 3 aromatic carbocycles. The summed E-state index contributed by atoms with van der Waals surface area (Å²) in [5, 5.41) is 15.1. The summed E-state index contributed by atoms with van der Waals surface area (Å²) in [5.41, 5.74) is 3.01. The van der Waals surface area contributed by atoms with Crippen LogP contribution in [0.1, 0.15) is 16.7 Å². The van der Waals surface area contributed by atoms with Crippen molar-refractivity contribution in [3.63, 3.8) is 0 Å². The van der Waals surface area contributed by atoms with E-state index >= 15 is 0 Å². The molecule has 4 nitrogen and oxygen atoms in total. The summed E-state index contributed by atoms with van der Waals surface area (Å²) in [4.78, 5) is 11.5. The van der Waals surface area contributed by atoms with E-state index in [1.807, 2.05) is 66.7 Å². The van der Waals surface area contributed by atoms with E-state index in [4.69, 9.17) is 0 Å². The van der Waals surface area contributed by atoms with Crippen LogP contribution in [0, 0.1) is 10.1 Å². The van der Waals surface area contributed by atoms with Crippen LogP contribution in [0.4, 0.5) is 0 Å².